The van der Waals surface area contributed by atoms with E-state index in [4.69, 9.17) is 33.0 Å². The molecule has 0 atom stereocenters. The van der Waals surface area contributed by atoms with Crippen molar-refractivity contribution in [3.63, 3.8) is 0 Å². The molecule has 1 aliphatic carbocycles. The van der Waals surface area contributed by atoms with Gasteiger partial charge in [-0.2, -0.15) is 5.26 Å². The summed E-state index contributed by atoms with van der Waals surface area (Å²) in [7, 11) is 0. The van der Waals surface area contributed by atoms with Crippen molar-refractivity contribution < 1.29 is 14.6 Å². The fraction of sp³-hybridized carbons (Fsp3) is 0.333. The second-order valence-corrected chi connectivity index (χ2v) is 7.74. The molecule has 0 heterocycles. The van der Waals surface area contributed by atoms with Gasteiger partial charge in [-0.3, -0.25) is 4.79 Å². The molecule has 0 radical (unpaired) electrons. The van der Waals surface area contributed by atoms with Crippen LogP contribution in [0.25, 0.3) is 0 Å². The number of carboxylic acids is 1. The zero-order valence-electron chi connectivity index (χ0n) is 15.2. The molecule has 146 valence electrons. The highest BCUT2D eigenvalue weighted by Gasteiger charge is 2.20. The minimum absolute atomic E-state index is 0.00441. The average molecular weight is 419 g/mol. The minimum atomic E-state index is -0.879. The molecular formula is C21H20Cl2N2O3. The summed E-state index contributed by atoms with van der Waals surface area (Å²) in [5, 5.41) is 22.1. The van der Waals surface area contributed by atoms with E-state index in [-0.39, 0.29) is 13.0 Å². The fourth-order valence-corrected chi connectivity index (χ4v) is 3.47. The van der Waals surface area contributed by atoms with Crippen molar-refractivity contribution in [3.05, 3.63) is 57.1 Å². The molecule has 7 heteroatoms. The Kier molecular flexibility index (Phi) is 6.66. The van der Waals surface area contributed by atoms with Crippen LogP contribution in [0.15, 0.2) is 30.3 Å². The molecule has 2 N–H and O–H groups in total. The van der Waals surface area contributed by atoms with Crippen LogP contribution in [-0.4, -0.2) is 17.6 Å². The van der Waals surface area contributed by atoms with Crippen LogP contribution in [0, 0.1) is 17.2 Å². The molecule has 0 aromatic heterocycles. The Hall–Kier alpha value is -2.42. The van der Waals surface area contributed by atoms with Gasteiger partial charge in [-0.25, -0.2) is 0 Å². The van der Waals surface area contributed by atoms with Gasteiger partial charge in [-0.05, 0) is 66.6 Å². The SMILES string of the molecule is N#Cc1cc(COc2c(Cl)cc(CCC(=O)O)cc2Cl)cc(NCC2CC2)c1. The molecule has 1 saturated carbocycles. The van der Waals surface area contributed by atoms with Crippen LogP contribution in [0.4, 0.5) is 5.69 Å². The first-order valence-electron chi connectivity index (χ1n) is 9.05. The van der Waals surface area contributed by atoms with Crippen LogP contribution in [-0.2, 0) is 17.8 Å². The summed E-state index contributed by atoms with van der Waals surface area (Å²) in [5.41, 5.74) is 3.02. The number of rotatable bonds is 9. The lowest BCUT2D eigenvalue weighted by atomic mass is 10.1. The van der Waals surface area contributed by atoms with E-state index >= 15 is 0 Å². The number of anilines is 1. The summed E-state index contributed by atoms with van der Waals surface area (Å²) in [4.78, 5) is 10.7. The van der Waals surface area contributed by atoms with Crippen molar-refractivity contribution in [1.82, 2.24) is 0 Å². The summed E-state index contributed by atoms with van der Waals surface area (Å²) in [6, 6.07) is 11.0. The summed E-state index contributed by atoms with van der Waals surface area (Å²) in [6.07, 6.45) is 2.85. The Labute approximate surface area is 173 Å². The smallest absolute Gasteiger partial charge is 0.303 e. The summed E-state index contributed by atoms with van der Waals surface area (Å²) in [5.74, 6) is 0.191. The lowest BCUT2D eigenvalue weighted by Crippen LogP contribution is -2.05. The largest absolute Gasteiger partial charge is 0.486 e. The van der Waals surface area contributed by atoms with Crippen LogP contribution in [0.2, 0.25) is 10.0 Å². The highest BCUT2D eigenvalue weighted by Crippen LogP contribution is 2.35. The molecule has 0 saturated heterocycles. The van der Waals surface area contributed by atoms with Crippen LogP contribution in [0.5, 0.6) is 5.75 Å². The van der Waals surface area contributed by atoms with Gasteiger partial charge >= 0.3 is 5.97 Å². The first-order valence-corrected chi connectivity index (χ1v) is 9.80. The first kappa shape index (κ1) is 20.3. The van der Waals surface area contributed by atoms with Crippen molar-refractivity contribution in [3.8, 4) is 11.8 Å². The number of nitrogens with zero attached hydrogens (tertiary/aromatic N) is 1. The van der Waals surface area contributed by atoms with Crippen molar-refractivity contribution in [2.45, 2.75) is 32.3 Å². The number of hydrogen-bond donors (Lipinski definition) is 2. The van der Waals surface area contributed by atoms with Gasteiger partial charge in [0.05, 0.1) is 21.7 Å². The number of nitriles is 1. The predicted molar refractivity (Wildman–Crippen MR) is 109 cm³/mol. The molecule has 28 heavy (non-hydrogen) atoms. The highest BCUT2D eigenvalue weighted by molar-refractivity contribution is 6.37. The van der Waals surface area contributed by atoms with E-state index in [0.717, 1.165) is 29.3 Å². The number of hydrogen-bond acceptors (Lipinski definition) is 4. The Morgan fingerprint density at radius 3 is 2.50 bits per heavy atom. The van der Waals surface area contributed by atoms with Gasteiger partial charge in [-0.15, -0.1) is 0 Å². The van der Waals surface area contributed by atoms with E-state index < -0.39 is 5.97 Å². The van der Waals surface area contributed by atoms with Gasteiger partial charge in [0.2, 0.25) is 0 Å². The molecule has 0 amide bonds. The van der Waals surface area contributed by atoms with Gasteiger partial charge in [0.25, 0.3) is 0 Å². The maximum Gasteiger partial charge on any atom is 0.303 e. The van der Waals surface area contributed by atoms with Crippen molar-refractivity contribution in [2.24, 2.45) is 5.92 Å². The van der Waals surface area contributed by atoms with Gasteiger partial charge in [0, 0.05) is 18.7 Å². The second kappa shape index (κ2) is 9.18. The molecule has 2 aromatic carbocycles. The Balaban J connectivity index is 1.69. The van der Waals surface area contributed by atoms with Gasteiger partial charge < -0.3 is 15.2 Å². The Morgan fingerprint density at radius 1 is 1.18 bits per heavy atom. The summed E-state index contributed by atoms with van der Waals surface area (Å²) < 4.78 is 5.81. The van der Waals surface area contributed by atoms with Crippen molar-refractivity contribution in [1.29, 1.82) is 5.26 Å². The molecule has 2 aromatic rings. The molecule has 0 bridgehead atoms. The number of carboxylic acid groups (broad SMARTS) is 1. The predicted octanol–water partition coefficient (Wildman–Crippen LogP) is 5.28. The number of aliphatic carboxylic acids is 1. The van der Waals surface area contributed by atoms with Crippen molar-refractivity contribution in [2.75, 3.05) is 11.9 Å². The first-order chi connectivity index (χ1) is 13.4. The summed E-state index contributed by atoms with van der Waals surface area (Å²) >= 11 is 12.6. The van der Waals surface area contributed by atoms with Crippen molar-refractivity contribution >= 4 is 34.9 Å². The Bertz CT molecular complexity index is 897. The third-order valence-corrected chi connectivity index (χ3v) is 5.04. The van der Waals surface area contributed by atoms with Crippen LogP contribution >= 0.6 is 23.2 Å². The van der Waals surface area contributed by atoms with Crippen LogP contribution in [0.3, 0.4) is 0 Å². The molecule has 0 spiro atoms. The average Bonchev–Trinajstić information content (AvgIpc) is 3.48. The zero-order valence-corrected chi connectivity index (χ0v) is 16.7. The van der Waals surface area contributed by atoms with E-state index in [1.165, 1.54) is 12.8 Å². The molecule has 5 nitrogen and oxygen atoms in total. The Morgan fingerprint density at radius 2 is 1.89 bits per heavy atom. The monoisotopic (exact) mass is 418 g/mol. The molecular weight excluding hydrogens is 399 g/mol. The van der Waals surface area contributed by atoms with E-state index in [1.54, 1.807) is 18.2 Å². The van der Waals surface area contributed by atoms with Gasteiger partial charge in [0.1, 0.15) is 6.61 Å². The second-order valence-electron chi connectivity index (χ2n) is 6.93. The third kappa shape index (κ3) is 5.79. The van der Waals surface area contributed by atoms with E-state index in [1.807, 2.05) is 12.1 Å². The minimum Gasteiger partial charge on any atom is -0.486 e. The molecule has 0 aliphatic heterocycles. The summed E-state index contributed by atoms with van der Waals surface area (Å²) in [6.45, 7) is 1.12. The molecule has 1 fully saturated rings. The topological polar surface area (TPSA) is 82.3 Å². The molecule has 1 aliphatic rings. The molecule has 3 rings (SSSR count). The normalized spacial score (nSPS) is 13.0. The quantitative estimate of drug-likeness (QED) is 0.578. The van der Waals surface area contributed by atoms with Gasteiger partial charge in [-0.1, -0.05) is 23.2 Å². The maximum atomic E-state index is 10.7. The maximum absolute atomic E-state index is 10.7. The fourth-order valence-electron chi connectivity index (χ4n) is 2.83. The number of nitrogens with one attached hydrogen (secondary N) is 1. The number of aryl methyl sites for hydroxylation is 1. The standard InChI is InChI=1S/C21H20Cl2N2O3/c22-18-8-14(3-4-20(26)27)9-19(23)21(18)28-12-16-5-15(10-24)6-17(7-16)25-11-13-1-2-13/h5-9,13,25H,1-4,11-12H2,(H,26,27). The zero-order chi connectivity index (χ0) is 20.1. The highest BCUT2D eigenvalue weighted by atomic mass is 35.5. The lowest BCUT2D eigenvalue weighted by Gasteiger charge is -2.13. The number of halogens is 2. The molecule has 0 unspecified atom stereocenters. The van der Waals surface area contributed by atoms with E-state index in [2.05, 4.69) is 11.4 Å². The van der Waals surface area contributed by atoms with E-state index in [9.17, 15) is 10.1 Å². The lowest BCUT2D eigenvalue weighted by molar-refractivity contribution is -0.136. The van der Waals surface area contributed by atoms with Gasteiger partial charge in [0.15, 0.2) is 5.75 Å². The van der Waals surface area contributed by atoms with E-state index in [0.29, 0.717) is 27.8 Å². The number of carbonyl (C=O) groups is 1. The van der Waals surface area contributed by atoms with Crippen LogP contribution in [0.1, 0.15) is 36.0 Å². The number of ether oxygens (including phenoxy) is 1. The number of benzene rings is 2. The third-order valence-electron chi connectivity index (χ3n) is 4.48. The van der Waals surface area contributed by atoms with Crippen LogP contribution < -0.4 is 10.1 Å².